The van der Waals surface area contributed by atoms with Crippen molar-refractivity contribution in [2.45, 2.75) is 6.92 Å². The minimum Gasteiger partial charge on any atom is -0.382 e. The minimum atomic E-state index is 0.468. The fourth-order valence-corrected chi connectivity index (χ4v) is 0.868. The zero-order chi connectivity index (χ0) is 8.43. The number of pyridine rings is 1. The summed E-state index contributed by atoms with van der Waals surface area (Å²) < 4.78 is 0. The van der Waals surface area contributed by atoms with Crippen LogP contribution in [0.1, 0.15) is 5.69 Å². The quantitative estimate of drug-likeness (QED) is 0.448. The molecule has 4 nitrogen and oxygen atoms in total. The van der Waals surface area contributed by atoms with Crippen LogP contribution >= 0.6 is 0 Å². The first kappa shape index (κ1) is 7.81. The maximum Gasteiger partial charge on any atom is 0.148 e. The van der Waals surface area contributed by atoms with E-state index in [4.69, 9.17) is 11.6 Å². The number of aromatic nitrogens is 1. The highest BCUT2D eigenvalue weighted by molar-refractivity contribution is 5.62. The lowest BCUT2D eigenvalue weighted by Gasteiger charge is -2.13. The number of nitrogens with zero attached hydrogens (tertiary/aromatic N) is 2. The van der Waals surface area contributed by atoms with Crippen molar-refractivity contribution in [1.82, 2.24) is 4.98 Å². The summed E-state index contributed by atoms with van der Waals surface area (Å²) in [6.07, 6.45) is 0. The van der Waals surface area contributed by atoms with Crippen molar-refractivity contribution in [3.05, 3.63) is 17.8 Å². The van der Waals surface area contributed by atoms with Crippen molar-refractivity contribution in [2.24, 2.45) is 5.84 Å². The average molecular weight is 152 g/mol. The Balaban J connectivity index is 3.09. The third-order valence-electron chi connectivity index (χ3n) is 1.42. The normalized spacial score (nSPS) is 9.73. The zero-order valence-electron chi connectivity index (χ0n) is 6.70. The second-order valence-corrected chi connectivity index (χ2v) is 2.47. The summed E-state index contributed by atoms with van der Waals surface area (Å²) in [7, 11) is 1.72. The van der Waals surface area contributed by atoms with Gasteiger partial charge in [0.1, 0.15) is 5.82 Å². The molecule has 60 valence electrons. The number of nitrogens with two attached hydrogens (primary N) is 2. The predicted molar refractivity (Wildman–Crippen MR) is 46.0 cm³/mol. The lowest BCUT2D eigenvalue weighted by Crippen LogP contribution is -2.26. The second kappa shape index (κ2) is 2.75. The number of nitrogen functional groups attached to an aromatic ring is 1. The monoisotopic (exact) mass is 152 g/mol. The van der Waals surface area contributed by atoms with Crippen LogP contribution in [-0.2, 0) is 0 Å². The molecule has 1 rings (SSSR count). The minimum absolute atomic E-state index is 0.468. The molecule has 0 spiro atoms. The van der Waals surface area contributed by atoms with E-state index in [1.165, 1.54) is 5.01 Å². The van der Waals surface area contributed by atoms with Gasteiger partial charge in [-0.2, -0.15) is 0 Å². The van der Waals surface area contributed by atoms with Gasteiger partial charge in [-0.1, -0.05) is 0 Å². The van der Waals surface area contributed by atoms with Crippen LogP contribution in [0.5, 0.6) is 0 Å². The molecular formula is C7H12N4. The molecule has 0 atom stereocenters. The summed E-state index contributed by atoms with van der Waals surface area (Å²) in [4.78, 5) is 4.05. The number of rotatable bonds is 1. The van der Waals surface area contributed by atoms with Gasteiger partial charge < -0.3 is 10.7 Å². The Kier molecular flexibility index (Phi) is 1.96. The fourth-order valence-electron chi connectivity index (χ4n) is 0.868. The zero-order valence-corrected chi connectivity index (χ0v) is 6.70. The van der Waals surface area contributed by atoms with Crippen molar-refractivity contribution >= 4 is 11.5 Å². The van der Waals surface area contributed by atoms with Gasteiger partial charge in [0.2, 0.25) is 0 Å². The van der Waals surface area contributed by atoms with E-state index in [1.807, 2.05) is 19.1 Å². The van der Waals surface area contributed by atoms with E-state index in [0.717, 1.165) is 11.4 Å². The molecule has 0 aliphatic heterocycles. The molecule has 0 aliphatic carbocycles. The Hall–Kier alpha value is -1.29. The highest BCUT2D eigenvalue weighted by atomic mass is 15.4. The Morgan fingerprint density at radius 2 is 2.09 bits per heavy atom. The van der Waals surface area contributed by atoms with Gasteiger partial charge in [-0.25, -0.2) is 10.8 Å². The van der Waals surface area contributed by atoms with Crippen molar-refractivity contribution in [3.8, 4) is 0 Å². The Morgan fingerprint density at radius 3 is 2.55 bits per heavy atom. The first-order chi connectivity index (χ1) is 5.11. The molecule has 0 aliphatic rings. The molecule has 0 saturated heterocycles. The van der Waals surface area contributed by atoms with E-state index in [9.17, 15) is 0 Å². The van der Waals surface area contributed by atoms with Crippen molar-refractivity contribution < 1.29 is 0 Å². The third kappa shape index (κ3) is 1.59. The summed E-state index contributed by atoms with van der Waals surface area (Å²) >= 11 is 0. The van der Waals surface area contributed by atoms with E-state index < -0.39 is 0 Å². The molecule has 1 aromatic heterocycles. The molecule has 0 bridgehead atoms. The summed E-state index contributed by atoms with van der Waals surface area (Å²) in [5, 5.41) is 1.45. The van der Waals surface area contributed by atoms with Gasteiger partial charge >= 0.3 is 0 Å². The summed E-state index contributed by atoms with van der Waals surface area (Å²) in [6.45, 7) is 1.89. The molecule has 0 unspecified atom stereocenters. The Morgan fingerprint density at radius 1 is 1.45 bits per heavy atom. The van der Waals surface area contributed by atoms with Crippen molar-refractivity contribution in [3.63, 3.8) is 0 Å². The molecule has 0 amide bonds. The van der Waals surface area contributed by atoms with Crippen LogP contribution < -0.4 is 16.6 Å². The first-order valence-electron chi connectivity index (χ1n) is 3.33. The predicted octanol–water partition coefficient (Wildman–Crippen LogP) is 0.282. The Bertz CT molecular complexity index is 257. The molecule has 0 fully saturated rings. The number of hydrogen-bond acceptors (Lipinski definition) is 4. The molecule has 1 heterocycles. The van der Waals surface area contributed by atoms with Crippen LogP contribution in [0.15, 0.2) is 12.1 Å². The molecule has 0 radical (unpaired) electrons. The van der Waals surface area contributed by atoms with Gasteiger partial charge in [-0.3, -0.25) is 0 Å². The van der Waals surface area contributed by atoms with Gasteiger partial charge in [0.05, 0.1) is 5.69 Å². The van der Waals surface area contributed by atoms with Gasteiger partial charge in [0.25, 0.3) is 0 Å². The molecule has 0 saturated carbocycles. The number of anilines is 2. The van der Waals surface area contributed by atoms with Gasteiger partial charge in [0.15, 0.2) is 0 Å². The van der Waals surface area contributed by atoms with Crippen LogP contribution in [0.4, 0.5) is 11.5 Å². The van der Waals surface area contributed by atoms with E-state index in [2.05, 4.69) is 4.98 Å². The van der Waals surface area contributed by atoms with E-state index >= 15 is 0 Å². The highest BCUT2D eigenvalue weighted by Crippen LogP contribution is 2.16. The molecule has 11 heavy (non-hydrogen) atoms. The number of aryl methyl sites for hydroxylation is 1. The molecule has 1 aromatic rings. The van der Waals surface area contributed by atoms with Crippen molar-refractivity contribution in [2.75, 3.05) is 17.8 Å². The summed E-state index contributed by atoms with van der Waals surface area (Å²) in [6, 6.07) is 3.72. The number of hydrogen-bond donors (Lipinski definition) is 2. The number of hydrazine groups is 1. The lowest BCUT2D eigenvalue weighted by atomic mass is 10.3. The van der Waals surface area contributed by atoms with E-state index in [-0.39, 0.29) is 0 Å². The van der Waals surface area contributed by atoms with E-state index in [1.54, 1.807) is 7.05 Å². The highest BCUT2D eigenvalue weighted by Gasteiger charge is 2.01. The lowest BCUT2D eigenvalue weighted by molar-refractivity contribution is 1.01. The van der Waals surface area contributed by atoms with Crippen LogP contribution in [0.25, 0.3) is 0 Å². The maximum absolute atomic E-state index is 5.59. The smallest absolute Gasteiger partial charge is 0.148 e. The van der Waals surface area contributed by atoms with Gasteiger partial charge in [-0.05, 0) is 19.1 Å². The van der Waals surface area contributed by atoms with E-state index in [0.29, 0.717) is 5.82 Å². The van der Waals surface area contributed by atoms with Gasteiger partial charge in [0, 0.05) is 12.7 Å². The average Bonchev–Trinajstić information content (AvgIpc) is 1.85. The third-order valence-corrected chi connectivity index (χ3v) is 1.42. The maximum atomic E-state index is 5.59. The second-order valence-electron chi connectivity index (χ2n) is 2.47. The summed E-state index contributed by atoms with van der Waals surface area (Å²) in [5.74, 6) is 5.95. The SMILES string of the molecule is Cc1ccc(N(C)N)c(N)n1. The van der Waals surface area contributed by atoms with Crippen LogP contribution in [0.2, 0.25) is 0 Å². The largest absolute Gasteiger partial charge is 0.382 e. The van der Waals surface area contributed by atoms with Crippen LogP contribution in [0, 0.1) is 6.92 Å². The molecule has 4 N–H and O–H groups in total. The molecule has 4 heteroatoms. The first-order valence-corrected chi connectivity index (χ1v) is 3.33. The Labute approximate surface area is 65.8 Å². The van der Waals surface area contributed by atoms with Crippen LogP contribution in [-0.4, -0.2) is 12.0 Å². The standard InChI is InChI=1S/C7H12N4/c1-5-3-4-6(11(2)9)7(8)10-5/h3-4H,9H2,1-2H3,(H2,8,10). The molecule has 0 aromatic carbocycles. The fraction of sp³-hybridized carbons (Fsp3) is 0.286. The van der Waals surface area contributed by atoms with Crippen molar-refractivity contribution in [1.29, 1.82) is 0 Å². The topological polar surface area (TPSA) is 68.2 Å². The van der Waals surface area contributed by atoms with Gasteiger partial charge in [-0.15, -0.1) is 0 Å². The summed E-state index contributed by atoms with van der Waals surface area (Å²) in [5.41, 5.74) is 7.23. The van der Waals surface area contributed by atoms with Crippen LogP contribution in [0.3, 0.4) is 0 Å². The molecular weight excluding hydrogens is 140 g/mol.